The lowest BCUT2D eigenvalue weighted by Crippen LogP contribution is -2.06. The molecule has 0 aliphatic rings. The summed E-state index contributed by atoms with van der Waals surface area (Å²) in [6.45, 7) is 5.86. The number of nitrogens with zero attached hydrogens (tertiary/aromatic N) is 3. The Labute approximate surface area is 103 Å². The molecule has 0 spiro atoms. The van der Waals surface area contributed by atoms with Crippen LogP contribution in [0.25, 0.3) is 10.6 Å². The van der Waals surface area contributed by atoms with Gasteiger partial charge in [0.15, 0.2) is 5.69 Å². The van der Waals surface area contributed by atoms with Crippen LogP contribution in [0.15, 0.2) is 11.4 Å². The van der Waals surface area contributed by atoms with E-state index in [1.54, 1.807) is 4.68 Å². The summed E-state index contributed by atoms with van der Waals surface area (Å²) in [5, 5.41) is 18.8. The Morgan fingerprint density at radius 3 is 2.71 bits per heavy atom. The maximum Gasteiger partial charge on any atom is 0.358 e. The highest BCUT2D eigenvalue weighted by Crippen LogP contribution is 2.32. The summed E-state index contributed by atoms with van der Waals surface area (Å²) in [5.74, 6) is -1.04. The second-order valence-corrected chi connectivity index (χ2v) is 4.98. The number of carbonyl (C=O) groups is 1. The first-order chi connectivity index (χ1) is 8.02. The van der Waals surface area contributed by atoms with Crippen molar-refractivity contribution in [2.75, 3.05) is 0 Å². The number of hydrogen-bond acceptors (Lipinski definition) is 4. The fourth-order valence-electron chi connectivity index (χ4n) is 1.63. The number of aromatic nitrogens is 3. The van der Waals surface area contributed by atoms with Gasteiger partial charge in [0, 0.05) is 6.04 Å². The number of carboxylic acid groups (broad SMARTS) is 1. The Bertz CT molecular complexity index is 557. The fraction of sp³-hybridized carbons (Fsp3) is 0.364. The number of hydrogen-bond donors (Lipinski definition) is 1. The molecule has 17 heavy (non-hydrogen) atoms. The van der Waals surface area contributed by atoms with Crippen molar-refractivity contribution in [1.82, 2.24) is 15.0 Å². The van der Waals surface area contributed by atoms with Crippen molar-refractivity contribution < 1.29 is 9.90 Å². The van der Waals surface area contributed by atoms with Gasteiger partial charge in [-0.15, -0.1) is 16.4 Å². The van der Waals surface area contributed by atoms with Gasteiger partial charge in [0.1, 0.15) is 5.69 Å². The standard InChI is InChI=1S/C11H13N3O2S/c1-6(2)14-9(8(11(15)16)12-13-14)10-7(3)4-5-17-10/h4-6H,1-3H3,(H,15,16). The molecular weight excluding hydrogens is 238 g/mol. The summed E-state index contributed by atoms with van der Waals surface area (Å²) >= 11 is 1.51. The van der Waals surface area contributed by atoms with Crippen molar-refractivity contribution in [3.8, 4) is 10.6 Å². The van der Waals surface area contributed by atoms with E-state index in [0.29, 0.717) is 5.69 Å². The molecule has 0 fully saturated rings. The van der Waals surface area contributed by atoms with Gasteiger partial charge < -0.3 is 5.11 Å². The van der Waals surface area contributed by atoms with Gasteiger partial charge in [-0.2, -0.15) is 0 Å². The number of aryl methyl sites for hydroxylation is 1. The van der Waals surface area contributed by atoms with Crippen LogP contribution >= 0.6 is 11.3 Å². The van der Waals surface area contributed by atoms with Gasteiger partial charge in [0.25, 0.3) is 0 Å². The summed E-state index contributed by atoms with van der Waals surface area (Å²) in [7, 11) is 0. The predicted octanol–water partition coefficient (Wildman–Crippen LogP) is 2.59. The summed E-state index contributed by atoms with van der Waals surface area (Å²) in [5.41, 5.74) is 1.66. The molecule has 0 bridgehead atoms. The quantitative estimate of drug-likeness (QED) is 0.910. The minimum Gasteiger partial charge on any atom is -0.476 e. The average molecular weight is 251 g/mol. The summed E-state index contributed by atoms with van der Waals surface area (Å²) in [6, 6.07) is 2.04. The van der Waals surface area contributed by atoms with Crippen LogP contribution in [-0.4, -0.2) is 26.1 Å². The summed E-state index contributed by atoms with van der Waals surface area (Å²) in [4.78, 5) is 12.1. The third kappa shape index (κ3) is 1.95. The molecule has 6 heteroatoms. The molecule has 0 unspecified atom stereocenters. The Hall–Kier alpha value is -1.69. The average Bonchev–Trinajstić information content (AvgIpc) is 2.82. The molecule has 5 nitrogen and oxygen atoms in total. The normalized spacial score (nSPS) is 11.1. The molecule has 0 atom stereocenters. The lowest BCUT2D eigenvalue weighted by molar-refractivity contribution is 0.0691. The predicted molar refractivity (Wildman–Crippen MR) is 65.4 cm³/mol. The Balaban J connectivity index is 2.69. The molecule has 0 aliphatic heterocycles. The Kier molecular flexibility index (Phi) is 2.97. The summed E-state index contributed by atoms with van der Waals surface area (Å²) < 4.78 is 1.66. The second kappa shape index (κ2) is 4.29. The summed E-state index contributed by atoms with van der Waals surface area (Å²) in [6.07, 6.45) is 0. The zero-order valence-electron chi connectivity index (χ0n) is 9.84. The van der Waals surface area contributed by atoms with E-state index >= 15 is 0 Å². The molecule has 0 amide bonds. The first kappa shape index (κ1) is 11.8. The van der Waals surface area contributed by atoms with Crippen LogP contribution < -0.4 is 0 Å². The van der Waals surface area contributed by atoms with Gasteiger partial charge in [-0.05, 0) is 37.8 Å². The van der Waals surface area contributed by atoms with Gasteiger partial charge in [0.05, 0.1) is 4.88 Å². The second-order valence-electron chi connectivity index (χ2n) is 4.06. The topological polar surface area (TPSA) is 68.0 Å². The van der Waals surface area contributed by atoms with Crippen LogP contribution in [0.2, 0.25) is 0 Å². The van der Waals surface area contributed by atoms with E-state index in [1.807, 2.05) is 32.2 Å². The van der Waals surface area contributed by atoms with Gasteiger partial charge in [0.2, 0.25) is 0 Å². The van der Waals surface area contributed by atoms with Crippen LogP contribution in [-0.2, 0) is 0 Å². The molecule has 0 radical (unpaired) electrons. The smallest absolute Gasteiger partial charge is 0.358 e. The molecule has 1 N–H and O–H groups in total. The van der Waals surface area contributed by atoms with Crippen molar-refractivity contribution in [2.45, 2.75) is 26.8 Å². The van der Waals surface area contributed by atoms with Crippen LogP contribution in [0.4, 0.5) is 0 Å². The number of rotatable bonds is 3. The zero-order chi connectivity index (χ0) is 12.6. The van der Waals surface area contributed by atoms with Crippen molar-refractivity contribution in [3.63, 3.8) is 0 Å². The van der Waals surface area contributed by atoms with Crippen molar-refractivity contribution in [3.05, 3.63) is 22.7 Å². The van der Waals surface area contributed by atoms with Gasteiger partial charge in [-0.25, -0.2) is 9.48 Å². The lowest BCUT2D eigenvalue weighted by atomic mass is 10.2. The van der Waals surface area contributed by atoms with Crippen LogP contribution in [0, 0.1) is 6.92 Å². The Morgan fingerprint density at radius 1 is 1.53 bits per heavy atom. The van der Waals surface area contributed by atoms with E-state index in [2.05, 4.69) is 10.3 Å². The highest BCUT2D eigenvalue weighted by atomic mass is 32.1. The molecule has 2 aromatic rings. The molecular formula is C11H13N3O2S. The van der Waals surface area contributed by atoms with E-state index in [9.17, 15) is 4.79 Å². The van der Waals surface area contributed by atoms with Crippen molar-refractivity contribution >= 4 is 17.3 Å². The van der Waals surface area contributed by atoms with Crippen molar-refractivity contribution in [1.29, 1.82) is 0 Å². The van der Waals surface area contributed by atoms with E-state index in [0.717, 1.165) is 10.4 Å². The highest BCUT2D eigenvalue weighted by molar-refractivity contribution is 7.13. The maximum atomic E-state index is 11.2. The van der Waals surface area contributed by atoms with Crippen LogP contribution in [0.3, 0.4) is 0 Å². The number of carboxylic acids is 1. The fourth-order valence-corrected chi connectivity index (χ4v) is 2.59. The molecule has 0 saturated heterocycles. The monoisotopic (exact) mass is 251 g/mol. The molecule has 2 aromatic heterocycles. The Morgan fingerprint density at radius 2 is 2.24 bits per heavy atom. The number of aromatic carboxylic acids is 1. The maximum absolute atomic E-state index is 11.2. The van der Waals surface area contributed by atoms with E-state index in [4.69, 9.17) is 5.11 Å². The zero-order valence-corrected chi connectivity index (χ0v) is 10.7. The highest BCUT2D eigenvalue weighted by Gasteiger charge is 2.23. The number of thiophene rings is 1. The third-order valence-corrected chi connectivity index (χ3v) is 3.49. The van der Waals surface area contributed by atoms with Gasteiger partial charge in [-0.1, -0.05) is 5.21 Å². The SMILES string of the molecule is Cc1ccsc1-c1c(C(=O)O)nnn1C(C)C. The first-order valence-corrected chi connectivity index (χ1v) is 6.13. The van der Waals surface area contributed by atoms with E-state index < -0.39 is 5.97 Å². The van der Waals surface area contributed by atoms with Crippen LogP contribution in [0.1, 0.15) is 35.9 Å². The third-order valence-electron chi connectivity index (χ3n) is 2.46. The minimum absolute atomic E-state index is 0.0178. The molecule has 0 aliphatic carbocycles. The first-order valence-electron chi connectivity index (χ1n) is 5.25. The molecule has 0 aromatic carbocycles. The molecule has 90 valence electrons. The minimum atomic E-state index is -1.04. The molecule has 0 saturated carbocycles. The molecule has 2 rings (SSSR count). The lowest BCUT2D eigenvalue weighted by Gasteiger charge is -2.09. The van der Waals surface area contributed by atoms with E-state index in [1.165, 1.54) is 11.3 Å². The van der Waals surface area contributed by atoms with Crippen LogP contribution in [0.5, 0.6) is 0 Å². The largest absolute Gasteiger partial charge is 0.476 e. The van der Waals surface area contributed by atoms with Gasteiger partial charge >= 0.3 is 5.97 Å². The molecule has 2 heterocycles. The van der Waals surface area contributed by atoms with Crippen molar-refractivity contribution in [2.24, 2.45) is 0 Å². The van der Waals surface area contributed by atoms with Gasteiger partial charge in [-0.3, -0.25) is 0 Å². The van der Waals surface area contributed by atoms with E-state index in [-0.39, 0.29) is 11.7 Å².